The topological polar surface area (TPSA) is 57.7 Å². The van der Waals surface area contributed by atoms with Crippen LogP contribution in [0.25, 0.3) is 0 Å². The fraction of sp³-hybridized carbons (Fsp3) is 0.423. The molecule has 0 saturated heterocycles. The molecule has 0 aliphatic carbocycles. The number of aryl methyl sites for hydroxylation is 1. The van der Waals surface area contributed by atoms with Crippen LogP contribution in [-0.4, -0.2) is 54.1 Å². The lowest BCUT2D eigenvalue weighted by Gasteiger charge is -2.17. The van der Waals surface area contributed by atoms with Crippen molar-refractivity contribution < 1.29 is 14.4 Å². The van der Waals surface area contributed by atoms with Gasteiger partial charge in [-0.2, -0.15) is 0 Å². The summed E-state index contributed by atoms with van der Waals surface area (Å²) in [6, 6.07) is 13.5. The van der Waals surface area contributed by atoms with Gasteiger partial charge in [-0.3, -0.25) is 14.4 Å². The average Bonchev–Trinajstić information content (AvgIpc) is 3.00. The van der Waals surface area contributed by atoms with Gasteiger partial charge < -0.3 is 9.80 Å². The molecule has 5 nitrogen and oxygen atoms in total. The molecule has 0 N–H and O–H groups in total. The molecule has 0 saturated carbocycles. The summed E-state index contributed by atoms with van der Waals surface area (Å²) in [6.45, 7) is 3.64. The first-order valence-corrected chi connectivity index (χ1v) is 11.6. The first-order chi connectivity index (χ1) is 15.3. The van der Waals surface area contributed by atoms with Gasteiger partial charge in [0.05, 0.1) is 0 Å². The van der Waals surface area contributed by atoms with Gasteiger partial charge in [0.15, 0.2) is 5.78 Å². The second-order valence-corrected chi connectivity index (χ2v) is 8.89. The van der Waals surface area contributed by atoms with E-state index in [4.69, 9.17) is 11.6 Å². The summed E-state index contributed by atoms with van der Waals surface area (Å²) < 4.78 is 0. The number of carbonyl (C=O) groups is 3. The van der Waals surface area contributed by atoms with Crippen LogP contribution in [0.4, 0.5) is 0 Å². The molecule has 0 bridgehead atoms. The maximum Gasteiger partial charge on any atom is 0.222 e. The molecule has 0 spiro atoms. The van der Waals surface area contributed by atoms with E-state index in [0.29, 0.717) is 25.2 Å². The van der Waals surface area contributed by atoms with Gasteiger partial charge in [0, 0.05) is 57.0 Å². The van der Waals surface area contributed by atoms with E-state index >= 15 is 0 Å². The zero-order valence-corrected chi connectivity index (χ0v) is 19.7. The summed E-state index contributed by atoms with van der Waals surface area (Å²) in [4.78, 5) is 40.4. The maximum atomic E-state index is 12.7. The molecule has 170 valence electrons. The predicted octanol–water partition coefficient (Wildman–Crippen LogP) is 4.34. The quantitative estimate of drug-likeness (QED) is 0.557. The zero-order valence-electron chi connectivity index (χ0n) is 18.9. The monoisotopic (exact) mass is 454 g/mol. The van der Waals surface area contributed by atoms with E-state index in [1.807, 2.05) is 47.4 Å². The van der Waals surface area contributed by atoms with Crippen molar-refractivity contribution in [3.63, 3.8) is 0 Å². The highest BCUT2D eigenvalue weighted by Crippen LogP contribution is 2.19. The van der Waals surface area contributed by atoms with Crippen LogP contribution in [-0.2, 0) is 28.9 Å². The van der Waals surface area contributed by atoms with Crippen molar-refractivity contribution in [2.45, 2.75) is 45.4 Å². The van der Waals surface area contributed by atoms with Crippen LogP contribution in [0.5, 0.6) is 0 Å². The summed E-state index contributed by atoms with van der Waals surface area (Å²) >= 11 is 5.91. The van der Waals surface area contributed by atoms with Gasteiger partial charge in [0.2, 0.25) is 11.8 Å². The number of amides is 2. The highest BCUT2D eigenvalue weighted by atomic mass is 35.5. The molecule has 2 aromatic carbocycles. The normalized spacial score (nSPS) is 13.3. The number of hydrogen-bond donors (Lipinski definition) is 0. The summed E-state index contributed by atoms with van der Waals surface area (Å²) in [5.74, 6) is 0.0644. The zero-order chi connectivity index (χ0) is 23.1. The first kappa shape index (κ1) is 24.0. The molecule has 1 aliphatic heterocycles. The number of ketones is 1. The van der Waals surface area contributed by atoms with E-state index in [9.17, 15) is 14.4 Å². The minimum absolute atomic E-state index is 0.0108. The number of nitrogens with zero attached hydrogens (tertiary/aromatic N) is 2. The summed E-state index contributed by atoms with van der Waals surface area (Å²) in [6.07, 6.45) is 3.72. The highest BCUT2D eigenvalue weighted by Gasteiger charge is 2.18. The van der Waals surface area contributed by atoms with E-state index in [2.05, 4.69) is 0 Å². The third kappa shape index (κ3) is 6.67. The lowest BCUT2D eigenvalue weighted by atomic mass is 9.97. The van der Waals surface area contributed by atoms with Crippen LogP contribution < -0.4 is 0 Å². The molecule has 0 fully saturated rings. The van der Waals surface area contributed by atoms with Gasteiger partial charge in [-0.25, -0.2) is 0 Å². The Kier molecular flexibility index (Phi) is 8.46. The SMILES string of the molecule is CC(=O)N1CCc2ccc(C(=O)CCC(=O)N(C)CCCc3ccc(Cl)cc3)cc2CC1. The van der Waals surface area contributed by atoms with Gasteiger partial charge in [-0.1, -0.05) is 35.9 Å². The van der Waals surface area contributed by atoms with Crippen molar-refractivity contribution >= 4 is 29.2 Å². The molecular weight excluding hydrogens is 424 g/mol. The number of halogens is 1. The molecule has 0 unspecified atom stereocenters. The Hall–Kier alpha value is -2.66. The highest BCUT2D eigenvalue weighted by molar-refractivity contribution is 6.30. The van der Waals surface area contributed by atoms with Crippen LogP contribution in [0.3, 0.4) is 0 Å². The fourth-order valence-corrected chi connectivity index (χ4v) is 4.19. The van der Waals surface area contributed by atoms with Gasteiger partial charge in [0.25, 0.3) is 0 Å². The molecule has 3 rings (SSSR count). The summed E-state index contributed by atoms with van der Waals surface area (Å²) in [7, 11) is 1.79. The molecule has 32 heavy (non-hydrogen) atoms. The Morgan fingerprint density at radius 2 is 1.66 bits per heavy atom. The van der Waals surface area contributed by atoms with Crippen LogP contribution in [0.2, 0.25) is 5.02 Å². The number of carbonyl (C=O) groups excluding carboxylic acids is 3. The first-order valence-electron chi connectivity index (χ1n) is 11.2. The van der Waals surface area contributed by atoms with E-state index in [1.165, 1.54) is 11.1 Å². The minimum Gasteiger partial charge on any atom is -0.346 e. The third-order valence-electron chi connectivity index (χ3n) is 6.14. The van der Waals surface area contributed by atoms with E-state index in [1.54, 1.807) is 18.9 Å². The van der Waals surface area contributed by atoms with Gasteiger partial charge >= 0.3 is 0 Å². The molecule has 0 radical (unpaired) electrons. The van der Waals surface area contributed by atoms with Crippen molar-refractivity contribution in [2.24, 2.45) is 0 Å². The van der Waals surface area contributed by atoms with E-state index < -0.39 is 0 Å². The van der Waals surface area contributed by atoms with Crippen LogP contribution >= 0.6 is 11.6 Å². The number of rotatable bonds is 8. The molecule has 0 atom stereocenters. The van der Waals surface area contributed by atoms with E-state index in [0.717, 1.165) is 36.3 Å². The van der Waals surface area contributed by atoms with Crippen molar-refractivity contribution in [3.05, 3.63) is 69.7 Å². The molecule has 1 heterocycles. The van der Waals surface area contributed by atoms with E-state index in [-0.39, 0.29) is 30.4 Å². The van der Waals surface area contributed by atoms with Gasteiger partial charge in [-0.05, 0) is 60.6 Å². The second-order valence-electron chi connectivity index (χ2n) is 8.46. The molecule has 6 heteroatoms. The number of hydrogen-bond acceptors (Lipinski definition) is 3. The second kappa shape index (κ2) is 11.3. The largest absolute Gasteiger partial charge is 0.346 e. The Morgan fingerprint density at radius 3 is 2.34 bits per heavy atom. The Bertz CT molecular complexity index is 972. The Morgan fingerprint density at radius 1 is 0.969 bits per heavy atom. The van der Waals surface area contributed by atoms with Crippen LogP contribution in [0, 0.1) is 0 Å². The maximum absolute atomic E-state index is 12.7. The summed E-state index contributed by atoms with van der Waals surface area (Å²) in [5.41, 5.74) is 4.17. The van der Waals surface area contributed by atoms with Crippen LogP contribution in [0.15, 0.2) is 42.5 Å². The minimum atomic E-state index is -0.0127. The predicted molar refractivity (Wildman–Crippen MR) is 127 cm³/mol. The molecule has 0 aromatic heterocycles. The third-order valence-corrected chi connectivity index (χ3v) is 6.39. The van der Waals surface area contributed by atoms with Gasteiger partial charge in [0.1, 0.15) is 0 Å². The number of fused-ring (bicyclic) bond motifs is 1. The standard InChI is InChI=1S/C26H31ClN2O3/c1-19(30)29-16-13-21-7-8-23(18-22(21)14-17-29)25(31)11-12-26(32)28(2)15-3-4-20-5-9-24(27)10-6-20/h5-10,18H,3-4,11-17H2,1-2H3. The van der Waals surface area contributed by atoms with Crippen LogP contribution in [0.1, 0.15) is 53.2 Å². The van der Waals surface area contributed by atoms with Crippen molar-refractivity contribution in [2.75, 3.05) is 26.7 Å². The van der Waals surface area contributed by atoms with Crippen molar-refractivity contribution in [1.29, 1.82) is 0 Å². The fourth-order valence-electron chi connectivity index (χ4n) is 4.07. The Balaban J connectivity index is 1.46. The van der Waals surface area contributed by atoms with Crippen molar-refractivity contribution in [1.82, 2.24) is 9.80 Å². The average molecular weight is 455 g/mol. The smallest absolute Gasteiger partial charge is 0.222 e. The Labute approximate surface area is 195 Å². The van der Waals surface area contributed by atoms with Crippen molar-refractivity contribution in [3.8, 4) is 0 Å². The lowest BCUT2D eigenvalue weighted by Crippen LogP contribution is -2.30. The molecule has 2 aromatic rings. The lowest BCUT2D eigenvalue weighted by molar-refractivity contribution is -0.130. The molecule has 2 amide bonds. The molecular formula is C26H31ClN2O3. The van der Waals surface area contributed by atoms with Gasteiger partial charge in [-0.15, -0.1) is 0 Å². The number of benzene rings is 2. The number of Topliss-reactive ketones (excluding diaryl/α,β-unsaturated/α-hetero) is 1. The molecule has 1 aliphatic rings. The summed E-state index contributed by atoms with van der Waals surface area (Å²) in [5, 5.41) is 0.721.